The predicted molar refractivity (Wildman–Crippen MR) is 79.5 cm³/mol. The summed E-state index contributed by atoms with van der Waals surface area (Å²) in [5, 5.41) is 0. The molecule has 0 spiro atoms. The second kappa shape index (κ2) is 4.70. The standard InChI is InChI=1S/C18H18O4/c1-21-17(19)13-8-7-11-10-5-3-9-4-6-12(14(9)10)15(11)16(13)18(20)22-2/h3-7,9-10,12,14-15H,8H2,1-2H3/t9-,10+,12-,14-,15-/m1/s1. The third-order valence-electron chi connectivity index (χ3n) is 5.54. The number of carbonyl (C=O) groups excluding carboxylic acids is 2. The van der Waals surface area contributed by atoms with Crippen molar-refractivity contribution in [1.29, 1.82) is 0 Å². The monoisotopic (exact) mass is 298 g/mol. The molecule has 0 bridgehead atoms. The molecule has 0 heterocycles. The van der Waals surface area contributed by atoms with Crippen LogP contribution in [0, 0.1) is 29.6 Å². The highest BCUT2D eigenvalue weighted by atomic mass is 16.5. The number of fused-ring (bicyclic) bond motifs is 3. The van der Waals surface area contributed by atoms with Gasteiger partial charge in [0.25, 0.3) is 0 Å². The lowest BCUT2D eigenvalue weighted by Crippen LogP contribution is -2.26. The van der Waals surface area contributed by atoms with Crippen molar-refractivity contribution in [3.05, 3.63) is 47.1 Å². The van der Waals surface area contributed by atoms with Crippen LogP contribution in [0.1, 0.15) is 6.42 Å². The molecule has 4 rings (SSSR count). The zero-order valence-electron chi connectivity index (χ0n) is 12.6. The molecule has 4 heteroatoms. The Balaban J connectivity index is 1.84. The van der Waals surface area contributed by atoms with E-state index in [0.29, 0.717) is 35.3 Å². The Bertz CT molecular complexity index is 679. The highest BCUT2D eigenvalue weighted by Gasteiger charge is 2.55. The summed E-state index contributed by atoms with van der Waals surface area (Å²) >= 11 is 0. The first-order valence-corrected chi connectivity index (χ1v) is 7.63. The molecular weight excluding hydrogens is 280 g/mol. The van der Waals surface area contributed by atoms with Gasteiger partial charge in [-0.15, -0.1) is 0 Å². The number of methoxy groups -OCH3 is 2. The molecular formula is C18H18O4. The van der Waals surface area contributed by atoms with Gasteiger partial charge in [0, 0.05) is 11.8 Å². The summed E-state index contributed by atoms with van der Waals surface area (Å²) in [6.07, 6.45) is 11.5. The van der Waals surface area contributed by atoms with Crippen LogP contribution in [0.25, 0.3) is 0 Å². The van der Waals surface area contributed by atoms with Gasteiger partial charge in [-0.05, 0) is 24.2 Å². The van der Waals surface area contributed by atoms with Crippen molar-refractivity contribution in [2.24, 2.45) is 29.6 Å². The van der Waals surface area contributed by atoms with Crippen LogP contribution in [0.4, 0.5) is 0 Å². The molecule has 0 N–H and O–H groups in total. The Labute approximate surface area is 129 Å². The molecule has 4 nitrogen and oxygen atoms in total. The van der Waals surface area contributed by atoms with Gasteiger partial charge in [0.15, 0.2) is 0 Å². The van der Waals surface area contributed by atoms with Crippen LogP contribution < -0.4 is 0 Å². The molecule has 1 fully saturated rings. The molecule has 4 aliphatic rings. The van der Waals surface area contributed by atoms with Crippen LogP contribution in [-0.2, 0) is 19.1 Å². The lowest BCUT2D eigenvalue weighted by atomic mass is 9.78. The van der Waals surface area contributed by atoms with Crippen molar-refractivity contribution >= 4 is 11.9 Å². The van der Waals surface area contributed by atoms with E-state index in [9.17, 15) is 9.59 Å². The van der Waals surface area contributed by atoms with Crippen LogP contribution >= 0.6 is 0 Å². The van der Waals surface area contributed by atoms with E-state index in [1.54, 1.807) is 0 Å². The Kier molecular flexibility index (Phi) is 2.90. The second-order valence-corrected chi connectivity index (χ2v) is 6.29. The Hall–Kier alpha value is -2.10. The van der Waals surface area contributed by atoms with Crippen molar-refractivity contribution in [2.45, 2.75) is 6.42 Å². The summed E-state index contributed by atoms with van der Waals surface area (Å²) in [7, 11) is 2.71. The van der Waals surface area contributed by atoms with Crippen molar-refractivity contribution in [3.8, 4) is 0 Å². The Morgan fingerprint density at radius 2 is 1.77 bits per heavy atom. The van der Waals surface area contributed by atoms with Gasteiger partial charge in [-0.25, -0.2) is 9.59 Å². The van der Waals surface area contributed by atoms with E-state index in [4.69, 9.17) is 9.47 Å². The molecule has 0 aromatic rings. The van der Waals surface area contributed by atoms with Crippen molar-refractivity contribution < 1.29 is 19.1 Å². The predicted octanol–water partition coefficient (Wildman–Crippen LogP) is 2.19. The van der Waals surface area contributed by atoms with E-state index in [0.717, 1.165) is 0 Å². The van der Waals surface area contributed by atoms with Crippen molar-refractivity contribution in [1.82, 2.24) is 0 Å². The molecule has 4 aliphatic carbocycles. The first kappa shape index (κ1) is 13.6. The zero-order valence-corrected chi connectivity index (χ0v) is 12.6. The molecule has 0 aliphatic heterocycles. The number of hydrogen-bond acceptors (Lipinski definition) is 4. The van der Waals surface area contributed by atoms with Crippen LogP contribution in [0.3, 0.4) is 0 Å². The minimum atomic E-state index is -0.429. The molecule has 0 saturated heterocycles. The second-order valence-electron chi connectivity index (χ2n) is 6.29. The Morgan fingerprint density at radius 3 is 2.50 bits per heavy atom. The van der Waals surface area contributed by atoms with E-state index < -0.39 is 11.9 Å². The van der Waals surface area contributed by atoms with Gasteiger partial charge < -0.3 is 9.47 Å². The molecule has 114 valence electrons. The lowest BCUT2D eigenvalue weighted by molar-refractivity contribution is -0.140. The third kappa shape index (κ3) is 1.58. The van der Waals surface area contributed by atoms with Gasteiger partial charge in [-0.3, -0.25) is 0 Å². The molecule has 22 heavy (non-hydrogen) atoms. The minimum Gasteiger partial charge on any atom is -0.466 e. The van der Waals surface area contributed by atoms with Crippen LogP contribution in [-0.4, -0.2) is 26.2 Å². The fourth-order valence-corrected chi connectivity index (χ4v) is 4.73. The maximum absolute atomic E-state index is 12.4. The number of hydrogen-bond donors (Lipinski definition) is 0. The summed E-state index contributed by atoms with van der Waals surface area (Å²) in [5.41, 5.74) is 2.22. The topological polar surface area (TPSA) is 52.6 Å². The van der Waals surface area contributed by atoms with Gasteiger partial charge in [0.1, 0.15) is 0 Å². The van der Waals surface area contributed by atoms with Gasteiger partial charge in [-0.1, -0.05) is 36.0 Å². The van der Waals surface area contributed by atoms with E-state index in [2.05, 4.69) is 30.4 Å². The van der Waals surface area contributed by atoms with E-state index >= 15 is 0 Å². The number of ether oxygens (including phenoxy) is 2. The Morgan fingerprint density at radius 1 is 1.05 bits per heavy atom. The minimum absolute atomic E-state index is 0.0449. The zero-order chi connectivity index (χ0) is 15.4. The summed E-state index contributed by atoms with van der Waals surface area (Å²) in [6.45, 7) is 0. The summed E-state index contributed by atoms with van der Waals surface area (Å²) < 4.78 is 9.85. The van der Waals surface area contributed by atoms with E-state index in [1.807, 2.05) is 0 Å². The molecule has 0 unspecified atom stereocenters. The van der Waals surface area contributed by atoms with Gasteiger partial charge >= 0.3 is 11.9 Å². The van der Waals surface area contributed by atoms with Crippen molar-refractivity contribution in [3.63, 3.8) is 0 Å². The first-order valence-electron chi connectivity index (χ1n) is 7.63. The fraction of sp³-hybridized carbons (Fsp3) is 0.444. The average Bonchev–Trinajstić information content (AvgIpc) is 3.21. The van der Waals surface area contributed by atoms with Crippen LogP contribution in [0.5, 0.6) is 0 Å². The largest absolute Gasteiger partial charge is 0.466 e. The molecule has 0 radical (unpaired) electrons. The summed E-state index contributed by atoms with van der Waals surface area (Å²) in [4.78, 5) is 24.5. The smallest absolute Gasteiger partial charge is 0.334 e. The number of allylic oxidation sites excluding steroid dienone is 6. The number of esters is 2. The van der Waals surface area contributed by atoms with E-state index in [1.165, 1.54) is 19.8 Å². The first-order chi connectivity index (χ1) is 10.7. The molecule has 0 aromatic carbocycles. The van der Waals surface area contributed by atoms with Crippen molar-refractivity contribution in [2.75, 3.05) is 14.2 Å². The normalized spacial score (nSPS) is 37.0. The lowest BCUT2D eigenvalue weighted by Gasteiger charge is -2.26. The van der Waals surface area contributed by atoms with Gasteiger partial charge in [0.2, 0.25) is 0 Å². The summed E-state index contributed by atoms with van der Waals surface area (Å²) in [5.74, 6) is 0.726. The average molecular weight is 298 g/mol. The molecule has 1 saturated carbocycles. The quantitative estimate of drug-likeness (QED) is 0.579. The highest BCUT2D eigenvalue weighted by molar-refractivity contribution is 6.02. The summed E-state index contributed by atoms with van der Waals surface area (Å²) in [6, 6.07) is 0. The van der Waals surface area contributed by atoms with Gasteiger partial charge in [0.05, 0.1) is 25.4 Å². The number of rotatable bonds is 2. The van der Waals surface area contributed by atoms with Crippen LogP contribution in [0.2, 0.25) is 0 Å². The van der Waals surface area contributed by atoms with Crippen LogP contribution in [0.15, 0.2) is 47.1 Å². The SMILES string of the molecule is COC(=O)C1=C(C(=O)OC)[C@@H]2C(=CC1)[C@@H]1C=C[C@@H]3C=C[C@@H]2[C@H]31. The maximum Gasteiger partial charge on any atom is 0.334 e. The van der Waals surface area contributed by atoms with Gasteiger partial charge in [-0.2, -0.15) is 0 Å². The third-order valence-corrected chi connectivity index (χ3v) is 5.54. The number of carbonyl (C=O) groups is 2. The molecule has 0 aromatic heterocycles. The maximum atomic E-state index is 12.4. The fourth-order valence-electron chi connectivity index (χ4n) is 4.73. The molecule has 0 amide bonds. The van der Waals surface area contributed by atoms with E-state index in [-0.39, 0.29) is 11.8 Å². The molecule has 5 atom stereocenters. The highest BCUT2D eigenvalue weighted by Crippen LogP contribution is 2.60.